The van der Waals surface area contributed by atoms with Gasteiger partial charge in [-0.3, -0.25) is 4.79 Å². The van der Waals surface area contributed by atoms with Crippen LogP contribution in [0.4, 0.5) is 0 Å². The van der Waals surface area contributed by atoms with Crippen LogP contribution < -0.4 is 5.32 Å². The number of hydrogen-bond acceptors (Lipinski definition) is 1. The Hall–Kier alpha value is -1.05. The molecule has 0 radical (unpaired) electrons. The fourth-order valence-electron chi connectivity index (χ4n) is 2.88. The van der Waals surface area contributed by atoms with Crippen molar-refractivity contribution < 1.29 is 4.79 Å². The van der Waals surface area contributed by atoms with Crippen LogP contribution in [0.15, 0.2) is 23.4 Å². The number of nitrogens with one attached hydrogen (secondary N) is 1. The molecule has 0 aliphatic heterocycles. The van der Waals surface area contributed by atoms with E-state index in [1.165, 1.54) is 5.57 Å². The number of carbonyl (C=O) groups excluding carboxylic acids is 1. The van der Waals surface area contributed by atoms with E-state index in [4.69, 9.17) is 0 Å². The van der Waals surface area contributed by atoms with E-state index in [1.807, 2.05) is 6.92 Å². The zero-order chi connectivity index (χ0) is 11.2. The van der Waals surface area contributed by atoms with E-state index in [-0.39, 0.29) is 11.3 Å². The summed E-state index contributed by atoms with van der Waals surface area (Å²) in [6.45, 7) is 8.63. The first-order chi connectivity index (χ1) is 7.01. The topological polar surface area (TPSA) is 29.1 Å². The van der Waals surface area contributed by atoms with Crippen LogP contribution in [0.3, 0.4) is 0 Å². The molecule has 3 aliphatic rings. The van der Waals surface area contributed by atoms with Gasteiger partial charge in [-0.2, -0.15) is 0 Å². The van der Waals surface area contributed by atoms with Gasteiger partial charge in [0, 0.05) is 17.5 Å². The second kappa shape index (κ2) is 3.22. The van der Waals surface area contributed by atoms with Gasteiger partial charge in [0.1, 0.15) is 0 Å². The number of rotatable bonds is 2. The molecule has 0 aromatic carbocycles. The Morgan fingerprint density at radius 1 is 1.40 bits per heavy atom. The quantitative estimate of drug-likeness (QED) is 0.737. The molecule has 2 unspecified atom stereocenters. The first-order valence-electron chi connectivity index (χ1n) is 5.73. The standard InChI is InChI=1S/C13H19NO/c1-5-12(15)14-11-7-6-10-8(2)13(11,4)9(10)3/h6-9H,5H2,1-4H3,(H,14,15)/t8-,9?,13?/m0/s1. The van der Waals surface area contributed by atoms with Crippen molar-refractivity contribution in [3.63, 3.8) is 0 Å². The summed E-state index contributed by atoms with van der Waals surface area (Å²) in [5.74, 6) is 1.26. The third-order valence-electron chi connectivity index (χ3n) is 4.42. The van der Waals surface area contributed by atoms with Gasteiger partial charge in [-0.25, -0.2) is 0 Å². The monoisotopic (exact) mass is 205 g/mol. The van der Waals surface area contributed by atoms with Gasteiger partial charge in [-0.1, -0.05) is 39.3 Å². The van der Waals surface area contributed by atoms with Crippen LogP contribution in [0.25, 0.3) is 0 Å². The van der Waals surface area contributed by atoms with Gasteiger partial charge >= 0.3 is 0 Å². The number of fused-ring (bicyclic) bond motifs is 1. The highest BCUT2D eigenvalue weighted by atomic mass is 16.1. The van der Waals surface area contributed by atoms with Crippen molar-refractivity contribution in [2.45, 2.75) is 34.1 Å². The molecule has 0 heterocycles. The van der Waals surface area contributed by atoms with E-state index in [0.29, 0.717) is 18.3 Å². The second-order valence-electron chi connectivity index (χ2n) is 4.87. The van der Waals surface area contributed by atoms with E-state index < -0.39 is 0 Å². The highest BCUT2D eigenvalue weighted by molar-refractivity contribution is 5.78. The second-order valence-corrected chi connectivity index (χ2v) is 4.87. The maximum absolute atomic E-state index is 11.4. The van der Waals surface area contributed by atoms with E-state index in [9.17, 15) is 4.79 Å². The highest BCUT2D eigenvalue weighted by Crippen LogP contribution is 2.60. The van der Waals surface area contributed by atoms with Gasteiger partial charge in [-0.05, 0) is 17.9 Å². The third kappa shape index (κ3) is 1.20. The largest absolute Gasteiger partial charge is 0.329 e. The van der Waals surface area contributed by atoms with Crippen LogP contribution in [0.1, 0.15) is 34.1 Å². The van der Waals surface area contributed by atoms with E-state index in [1.54, 1.807) is 0 Å². The molecular weight excluding hydrogens is 186 g/mol. The molecule has 1 amide bonds. The Morgan fingerprint density at radius 2 is 2.00 bits per heavy atom. The van der Waals surface area contributed by atoms with Crippen molar-refractivity contribution in [3.05, 3.63) is 23.4 Å². The van der Waals surface area contributed by atoms with Crippen LogP contribution in [-0.4, -0.2) is 5.91 Å². The van der Waals surface area contributed by atoms with E-state index >= 15 is 0 Å². The molecule has 1 N–H and O–H groups in total. The third-order valence-corrected chi connectivity index (χ3v) is 4.42. The number of amides is 1. The van der Waals surface area contributed by atoms with Gasteiger partial charge < -0.3 is 5.32 Å². The lowest BCUT2D eigenvalue weighted by atomic mass is 9.48. The summed E-state index contributed by atoms with van der Waals surface area (Å²) in [5, 5.41) is 3.04. The van der Waals surface area contributed by atoms with Crippen molar-refractivity contribution in [2.75, 3.05) is 0 Å². The Bertz CT molecular complexity index is 353. The van der Waals surface area contributed by atoms with Crippen LogP contribution in [0, 0.1) is 17.3 Å². The smallest absolute Gasteiger partial charge is 0.223 e. The Kier molecular flexibility index (Phi) is 2.25. The molecule has 3 rings (SSSR count). The Labute approximate surface area is 91.4 Å². The van der Waals surface area contributed by atoms with Crippen molar-refractivity contribution in [1.82, 2.24) is 5.32 Å². The minimum atomic E-state index is 0.116. The fraction of sp³-hybridized carbons (Fsp3) is 0.615. The average molecular weight is 205 g/mol. The summed E-state index contributed by atoms with van der Waals surface area (Å²) in [7, 11) is 0. The minimum absolute atomic E-state index is 0.116. The lowest BCUT2D eigenvalue weighted by molar-refractivity contribution is -0.120. The number of carbonyl (C=O) groups is 1. The molecule has 82 valence electrons. The van der Waals surface area contributed by atoms with Crippen molar-refractivity contribution >= 4 is 5.91 Å². The molecule has 0 aromatic heterocycles. The van der Waals surface area contributed by atoms with Crippen LogP contribution in [0.2, 0.25) is 0 Å². The van der Waals surface area contributed by atoms with Crippen molar-refractivity contribution in [2.24, 2.45) is 17.3 Å². The first kappa shape index (κ1) is 10.5. The lowest BCUT2D eigenvalue weighted by Crippen LogP contribution is -2.53. The molecule has 15 heavy (non-hydrogen) atoms. The maximum Gasteiger partial charge on any atom is 0.223 e. The Morgan fingerprint density at radius 3 is 2.53 bits per heavy atom. The van der Waals surface area contributed by atoms with E-state index in [2.05, 4.69) is 38.2 Å². The molecule has 2 heteroatoms. The molecule has 1 saturated carbocycles. The molecule has 2 bridgehead atoms. The summed E-state index contributed by atoms with van der Waals surface area (Å²) < 4.78 is 0. The van der Waals surface area contributed by atoms with Gasteiger partial charge in [0.2, 0.25) is 5.91 Å². The molecule has 3 atom stereocenters. The first-order valence-corrected chi connectivity index (χ1v) is 5.73. The van der Waals surface area contributed by atoms with Gasteiger partial charge in [0.05, 0.1) is 0 Å². The van der Waals surface area contributed by atoms with Crippen LogP contribution in [0.5, 0.6) is 0 Å². The normalized spacial score (nSPS) is 37.6. The van der Waals surface area contributed by atoms with E-state index in [0.717, 1.165) is 5.70 Å². The number of hydrogen-bond donors (Lipinski definition) is 1. The lowest BCUT2D eigenvalue weighted by Gasteiger charge is -2.57. The maximum atomic E-state index is 11.4. The summed E-state index contributed by atoms with van der Waals surface area (Å²) in [4.78, 5) is 11.4. The predicted octanol–water partition coefficient (Wildman–Crippen LogP) is 2.63. The SMILES string of the molecule is CCC(=O)NC1=CC=C2C(C)C1(C)[C@H]2C. The molecule has 1 fully saturated rings. The molecule has 2 nitrogen and oxygen atoms in total. The zero-order valence-electron chi connectivity index (χ0n) is 9.92. The van der Waals surface area contributed by atoms with Crippen LogP contribution in [-0.2, 0) is 4.79 Å². The summed E-state index contributed by atoms with van der Waals surface area (Å²) in [5.41, 5.74) is 2.77. The highest BCUT2D eigenvalue weighted by Gasteiger charge is 2.54. The Balaban J connectivity index is 2.24. The van der Waals surface area contributed by atoms with Crippen molar-refractivity contribution in [1.29, 1.82) is 0 Å². The summed E-state index contributed by atoms with van der Waals surface area (Å²) >= 11 is 0. The van der Waals surface area contributed by atoms with Gasteiger partial charge in [-0.15, -0.1) is 0 Å². The molecule has 3 aliphatic carbocycles. The molecule has 0 saturated heterocycles. The molecule has 0 spiro atoms. The predicted molar refractivity (Wildman–Crippen MR) is 61.0 cm³/mol. The van der Waals surface area contributed by atoms with Crippen LogP contribution >= 0.6 is 0 Å². The van der Waals surface area contributed by atoms with Crippen molar-refractivity contribution in [3.8, 4) is 0 Å². The average Bonchev–Trinajstić information content (AvgIpc) is 2.24. The molecular formula is C13H19NO. The van der Waals surface area contributed by atoms with Gasteiger partial charge in [0.25, 0.3) is 0 Å². The fourth-order valence-corrected chi connectivity index (χ4v) is 2.88. The minimum Gasteiger partial charge on any atom is -0.329 e. The summed E-state index contributed by atoms with van der Waals surface area (Å²) in [6.07, 6.45) is 4.79. The van der Waals surface area contributed by atoms with Gasteiger partial charge in [0.15, 0.2) is 0 Å². The zero-order valence-corrected chi connectivity index (χ0v) is 9.92. The summed E-state index contributed by atoms with van der Waals surface area (Å²) in [6, 6.07) is 0. The molecule has 0 aromatic rings. The number of allylic oxidation sites excluding steroid dienone is 4.